The van der Waals surface area contributed by atoms with Crippen molar-refractivity contribution in [3.05, 3.63) is 6.15 Å². The Kier molecular flexibility index (Phi) is 6.61. The number of hydrogen-bond donors (Lipinski definition) is 2. The lowest BCUT2D eigenvalue weighted by Gasteiger charge is -1.73. The van der Waals surface area contributed by atoms with E-state index in [0.717, 1.165) is 0 Å². The minimum Gasteiger partial charge on any atom is -0.693 e. The third-order valence-electron chi connectivity index (χ3n) is 0.175. The predicted molar refractivity (Wildman–Crippen MR) is 22.0 cm³/mol. The lowest BCUT2D eigenvalue weighted by Crippen LogP contribution is -2.10. The summed E-state index contributed by atoms with van der Waals surface area (Å²) in [6, 6.07) is 0. The summed E-state index contributed by atoms with van der Waals surface area (Å²) in [5.74, 6) is -0.968. The smallest absolute Gasteiger partial charge is 0.317 e. The van der Waals surface area contributed by atoms with Crippen LogP contribution in [0.2, 0.25) is 0 Å². The molecule has 5 N–H and O–H groups in total. The number of aliphatic carboxylic acids is 1. The first-order chi connectivity index (χ1) is 2.27. The van der Waals surface area contributed by atoms with Gasteiger partial charge in [0.15, 0.2) is 0 Å². The second-order valence-corrected chi connectivity index (χ2v) is 0.598. The molecule has 0 unspecified atom stereocenters. The molecule has 4 nitrogen and oxygen atoms in total. The van der Waals surface area contributed by atoms with Crippen molar-refractivity contribution in [2.24, 2.45) is 5.73 Å². The van der Waals surface area contributed by atoms with Crippen molar-refractivity contribution in [1.29, 1.82) is 0 Å². The molecule has 0 bridgehead atoms. The molecule has 0 rings (SSSR count). The third kappa shape index (κ3) is 10.0. The van der Waals surface area contributed by atoms with Crippen LogP contribution in [0, 0.1) is 0 Å². The van der Waals surface area contributed by atoms with Crippen molar-refractivity contribution in [3.8, 4) is 0 Å². The standard InChI is InChI=1S/C2H5NO2.H2N/c3-1-2(4)5;/h1,3H2,(H,4,5);1H2/q;-1. The van der Waals surface area contributed by atoms with Gasteiger partial charge in [-0.3, -0.25) is 4.79 Å². The van der Waals surface area contributed by atoms with Crippen LogP contribution < -0.4 is 5.73 Å². The van der Waals surface area contributed by atoms with Crippen LogP contribution in [0.3, 0.4) is 0 Å². The van der Waals surface area contributed by atoms with Crippen molar-refractivity contribution in [2.45, 2.75) is 0 Å². The SMILES string of the molecule is NCC(=O)O.[NH2-]. The third-order valence-corrected chi connectivity index (χ3v) is 0.175. The molecule has 0 amide bonds. The molecule has 0 radical (unpaired) electrons. The number of carbonyl (C=O) groups is 1. The molecular weight excluding hydrogens is 84.0 g/mol. The van der Waals surface area contributed by atoms with Crippen molar-refractivity contribution >= 4 is 5.97 Å². The number of nitrogens with two attached hydrogens (primary N) is 2. The van der Waals surface area contributed by atoms with E-state index < -0.39 is 5.97 Å². The summed E-state index contributed by atoms with van der Waals surface area (Å²) in [5.41, 5.74) is 4.57. The zero-order valence-electron chi connectivity index (χ0n) is 3.22. The van der Waals surface area contributed by atoms with Gasteiger partial charge in [0.1, 0.15) is 0 Å². The summed E-state index contributed by atoms with van der Waals surface area (Å²) in [5, 5.41) is 7.60. The van der Waals surface area contributed by atoms with Gasteiger partial charge in [-0.05, 0) is 0 Å². The lowest BCUT2D eigenvalue weighted by molar-refractivity contribution is -0.135. The Hall–Kier alpha value is -0.610. The van der Waals surface area contributed by atoms with E-state index in [1.807, 2.05) is 0 Å². The van der Waals surface area contributed by atoms with E-state index >= 15 is 0 Å². The molecule has 0 saturated carbocycles. The first-order valence-corrected chi connectivity index (χ1v) is 1.19. The van der Waals surface area contributed by atoms with Crippen LogP contribution in [-0.2, 0) is 4.79 Å². The van der Waals surface area contributed by atoms with Crippen LogP contribution >= 0.6 is 0 Å². The van der Waals surface area contributed by atoms with Crippen LogP contribution in [0.4, 0.5) is 0 Å². The second kappa shape index (κ2) is 4.39. The molecule has 0 aliphatic heterocycles. The van der Waals surface area contributed by atoms with E-state index in [2.05, 4.69) is 5.73 Å². The largest absolute Gasteiger partial charge is 0.693 e. The van der Waals surface area contributed by atoms with Gasteiger partial charge in [0.05, 0.1) is 6.54 Å². The molecule has 6 heavy (non-hydrogen) atoms. The van der Waals surface area contributed by atoms with Crippen LogP contribution in [-0.4, -0.2) is 17.6 Å². The molecule has 0 aromatic carbocycles. The fourth-order valence-corrected chi connectivity index (χ4v) is 0. The highest BCUT2D eigenvalue weighted by atomic mass is 16.4. The number of rotatable bonds is 1. The van der Waals surface area contributed by atoms with E-state index in [1.165, 1.54) is 0 Å². The maximum absolute atomic E-state index is 9.24. The predicted octanol–water partition coefficient (Wildman–Crippen LogP) is -0.253. The molecule has 0 fully saturated rings. The van der Waals surface area contributed by atoms with Crippen LogP contribution in [0.25, 0.3) is 6.15 Å². The molecule has 38 valence electrons. The normalized spacial score (nSPS) is 6.17. The minimum atomic E-state index is -0.968. The van der Waals surface area contributed by atoms with E-state index in [9.17, 15) is 4.79 Å². The highest BCUT2D eigenvalue weighted by molar-refractivity contribution is 5.68. The van der Waals surface area contributed by atoms with Gasteiger partial charge in [-0.15, -0.1) is 0 Å². The molecular formula is C2H7N2O2-. The summed E-state index contributed by atoms with van der Waals surface area (Å²) in [4.78, 5) is 9.24. The van der Waals surface area contributed by atoms with Gasteiger partial charge in [-0.2, -0.15) is 0 Å². The molecule has 0 atom stereocenters. The Morgan fingerprint density at radius 2 is 2.00 bits per heavy atom. The maximum atomic E-state index is 9.24. The summed E-state index contributed by atoms with van der Waals surface area (Å²) in [7, 11) is 0. The Bertz CT molecular complexity index is 44.8. The topological polar surface area (TPSA) is 96.8 Å². The highest BCUT2D eigenvalue weighted by Crippen LogP contribution is 1.43. The van der Waals surface area contributed by atoms with Gasteiger partial charge < -0.3 is 17.0 Å². The maximum Gasteiger partial charge on any atom is 0.317 e. The van der Waals surface area contributed by atoms with Gasteiger partial charge in [0.25, 0.3) is 0 Å². The molecule has 0 spiro atoms. The van der Waals surface area contributed by atoms with E-state index in [4.69, 9.17) is 5.11 Å². The number of carboxylic acid groups (broad SMARTS) is 1. The molecule has 4 heteroatoms. The summed E-state index contributed by atoms with van der Waals surface area (Å²) in [6.07, 6.45) is 0. The summed E-state index contributed by atoms with van der Waals surface area (Å²) in [6.45, 7) is -0.278. The fraction of sp³-hybridized carbons (Fsp3) is 0.500. The van der Waals surface area contributed by atoms with Crippen molar-refractivity contribution in [1.82, 2.24) is 0 Å². The van der Waals surface area contributed by atoms with Crippen LogP contribution in [0.1, 0.15) is 0 Å². The van der Waals surface area contributed by atoms with Crippen LogP contribution in [0.15, 0.2) is 0 Å². The Morgan fingerprint density at radius 1 is 1.83 bits per heavy atom. The lowest BCUT2D eigenvalue weighted by atomic mass is 10.7. The monoisotopic (exact) mass is 91.1 g/mol. The highest BCUT2D eigenvalue weighted by Gasteiger charge is 1.81. The average Bonchev–Trinajstić information content (AvgIpc) is 1.38. The van der Waals surface area contributed by atoms with Gasteiger partial charge >= 0.3 is 5.97 Å². The zero-order chi connectivity index (χ0) is 4.28. The molecule has 0 aliphatic rings. The van der Waals surface area contributed by atoms with Gasteiger partial charge in [0.2, 0.25) is 0 Å². The van der Waals surface area contributed by atoms with Crippen molar-refractivity contribution in [2.75, 3.05) is 6.54 Å². The fourth-order valence-electron chi connectivity index (χ4n) is 0. The second-order valence-electron chi connectivity index (χ2n) is 0.598. The molecule has 0 aliphatic carbocycles. The van der Waals surface area contributed by atoms with E-state index in [0.29, 0.717) is 0 Å². The summed E-state index contributed by atoms with van der Waals surface area (Å²) >= 11 is 0. The summed E-state index contributed by atoms with van der Waals surface area (Å²) < 4.78 is 0. The Balaban J connectivity index is 0. The quantitative estimate of drug-likeness (QED) is 0.465. The van der Waals surface area contributed by atoms with Crippen LogP contribution in [0.5, 0.6) is 0 Å². The van der Waals surface area contributed by atoms with E-state index in [1.54, 1.807) is 0 Å². The number of hydrogen-bond acceptors (Lipinski definition) is 2. The average molecular weight is 91.1 g/mol. The van der Waals surface area contributed by atoms with Crippen molar-refractivity contribution in [3.63, 3.8) is 0 Å². The molecule has 0 heterocycles. The van der Waals surface area contributed by atoms with Crippen molar-refractivity contribution < 1.29 is 9.90 Å². The Morgan fingerprint density at radius 3 is 2.00 bits per heavy atom. The van der Waals surface area contributed by atoms with Gasteiger partial charge in [-0.25, -0.2) is 0 Å². The zero-order valence-corrected chi connectivity index (χ0v) is 3.22. The molecule has 0 saturated heterocycles. The van der Waals surface area contributed by atoms with Gasteiger partial charge in [-0.1, -0.05) is 0 Å². The first-order valence-electron chi connectivity index (χ1n) is 1.19. The van der Waals surface area contributed by atoms with E-state index in [-0.39, 0.29) is 12.7 Å². The molecule has 0 aromatic rings. The minimum absolute atomic E-state index is 0. The number of carboxylic acids is 1. The Labute approximate surface area is 35.5 Å². The molecule has 0 aromatic heterocycles. The van der Waals surface area contributed by atoms with Gasteiger partial charge in [0, 0.05) is 0 Å². The first kappa shape index (κ1) is 9.04.